The molecule has 0 N–H and O–H groups in total. The van der Waals surface area contributed by atoms with Crippen molar-refractivity contribution in [1.29, 1.82) is 0 Å². The molecule has 2 aromatic rings. The summed E-state index contributed by atoms with van der Waals surface area (Å²) in [6, 6.07) is 9.80. The third kappa shape index (κ3) is 2.02. The van der Waals surface area contributed by atoms with Crippen LogP contribution < -0.4 is 0 Å². The third-order valence-corrected chi connectivity index (χ3v) is 2.85. The van der Waals surface area contributed by atoms with Crippen LogP contribution in [-0.2, 0) is 0 Å². The van der Waals surface area contributed by atoms with E-state index in [2.05, 4.69) is 11.6 Å². The fourth-order valence-electron chi connectivity index (χ4n) is 1.20. The lowest BCUT2D eigenvalue weighted by Crippen LogP contribution is -1.93. The fraction of sp³-hybridized carbons (Fsp3) is 0. The van der Waals surface area contributed by atoms with Gasteiger partial charge in [-0.1, -0.05) is 36.9 Å². The summed E-state index contributed by atoms with van der Waals surface area (Å²) < 4.78 is 0. The predicted molar refractivity (Wildman–Crippen MR) is 62.1 cm³/mol. The van der Waals surface area contributed by atoms with Crippen LogP contribution in [0.2, 0.25) is 0 Å². The molecule has 0 radical (unpaired) electrons. The Morgan fingerprint density at radius 1 is 1.33 bits per heavy atom. The molecule has 0 unspecified atom stereocenters. The predicted octanol–water partition coefficient (Wildman–Crippen LogP) is 3.18. The summed E-state index contributed by atoms with van der Waals surface area (Å²) in [5, 5.41) is 2.62. The zero-order valence-electron chi connectivity index (χ0n) is 8.01. The largest absolute Gasteiger partial charge is 0.288 e. The molecule has 0 saturated carbocycles. The average Bonchev–Trinajstić information content (AvgIpc) is 2.78. The van der Waals surface area contributed by atoms with Gasteiger partial charge in [0.15, 0.2) is 0 Å². The van der Waals surface area contributed by atoms with Crippen molar-refractivity contribution in [2.45, 2.75) is 0 Å². The van der Waals surface area contributed by atoms with E-state index in [4.69, 9.17) is 0 Å². The summed E-state index contributed by atoms with van der Waals surface area (Å²) in [5.74, 6) is -0.131. The highest BCUT2D eigenvalue weighted by Crippen LogP contribution is 2.23. The molecule has 0 saturated heterocycles. The van der Waals surface area contributed by atoms with Gasteiger partial charge in [0, 0.05) is 10.9 Å². The van der Waals surface area contributed by atoms with Gasteiger partial charge in [0.25, 0.3) is 0 Å². The lowest BCUT2D eigenvalue weighted by molar-refractivity contribution is 0.104. The van der Waals surface area contributed by atoms with Crippen LogP contribution >= 0.6 is 11.3 Å². The lowest BCUT2D eigenvalue weighted by Gasteiger charge is -1.93. The van der Waals surface area contributed by atoms with Gasteiger partial charge >= 0.3 is 0 Å². The van der Waals surface area contributed by atoms with Crippen LogP contribution in [0.4, 0.5) is 0 Å². The van der Waals surface area contributed by atoms with Crippen LogP contribution in [0, 0.1) is 0 Å². The highest BCUT2D eigenvalue weighted by molar-refractivity contribution is 7.13. The molecule has 0 aliphatic rings. The molecule has 1 aromatic carbocycles. The van der Waals surface area contributed by atoms with Gasteiger partial charge in [-0.3, -0.25) is 4.79 Å². The van der Waals surface area contributed by atoms with Crippen molar-refractivity contribution < 1.29 is 4.79 Å². The Kier molecular flexibility index (Phi) is 2.74. The van der Waals surface area contributed by atoms with Crippen LogP contribution in [0.15, 0.2) is 48.4 Å². The monoisotopic (exact) mass is 215 g/mol. The Morgan fingerprint density at radius 2 is 2.07 bits per heavy atom. The van der Waals surface area contributed by atoms with E-state index in [1.54, 1.807) is 5.38 Å². The highest BCUT2D eigenvalue weighted by atomic mass is 32.1. The Bertz CT molecular complexity index is 487. The number of thiazole rings is 1. The normalized spacial score (nSPS) is 9.87. The second-order valence-corrected chi connectivity index (χ2v) is 3.83. The molecule has 1 heterocycles. The van der Waals surface area contributed by atoms with Crippen LogP contribution in [0.25, 0.3) is 10.6 Å². The number of carbonyl (C=O) groups excluding carboxylic acids is 1. The van der Waals surface area contributed by atoms with Gasteiger partial charge in [0.05, 0.1) is 0 Å². The molecule has 0 aliphatic carbocycles. The van der Waals surface area contributed by atoms with Crippen molar-refractivity contribution in [3.8, 4) is 10.6 Å². The van der Waals surface area contributed by atoms with Crippen molar-refractivity contribution in [2.24, 2.45) is 0 Å². The van der Waals surface area contributed by atoms with E-state index in [-0.39, 0.29) is 5.78 Å². The number of hydrogen-bond acceptors (Lipinski definition) is 3. The maximum absolute atomic E-state index is 11.3. The molecule has 2 nitrogen and oxygen atoms in total. The molecule has 0 atom stereocenters. The van der Waals surface area contributed by atoms with Gasteiger partial charge in [-0.25, -0.2) is 4.98 Å². The molecule has 2 rings (SSSR count). The summed E-state index contributed by atoms with van der Waals surface area (Å²) in [6.45, 7) is 3.43. The van der Waals surface area contributed by atoms with Gasteiger partial charge in [0.1, 0.15) is 10.7 Å². The van der Waals surface area contributed by atoms with Crippen molar-refractivity contribution >= 4 is 17.1 Å². The number of hydrogen-bond donors (Lipinski definition) is 0. The zero-order chi connectivity index (χ0) is 10.7. The van der Waals surface area contributed by atoms with E-state index >= 15 is 0 Å². The van der Waals surface area contributed by atoms with Crippen molar-refractivity contribution in [2.75, 3.05) is 0 Å². The Hall–Kier alpha value is -1.74. The Labute approximate surface area is 91.9 Å². The van der Waals surface area contributed by atoms with Crippen molar-refractivity contribution in [3.05, 3.63) is 54.1 Å². The molecule has 3 heteroatoms. The van der Waals surface area contributed by atoms with Crippen LogP contribution in [0.1, 0.15) is 10.5 Å². The molecule has 0 fully saturated rings. The van der Waals surface area contributed by atoms with Gasteiger partial charge in [-0.15, -0.1) is 11.3 Å². The van der Waals surface area contributed by atoms with Crippen LogP contribution in [0.5, 0.6) is 0 Å². The second-order valence-electron chi connectivity index (χ2n) is 2.97. The van der Waals surface area contributed by atoms with E-state index in [0.29, 0.717) is 5.69 Å². The first-order valence-electron chi connectivity index (χ1n) is 4.49. The quantitative estimate of drug-likeness (QED) is 0.581. The van der Waals surface area contributed by atoms with Crippen LogP contribution in [0.3, 0.4) is 0 Å². The SMILES string of the molecule is C=CC(=O)c1csc(-c2ccccc2)n1. The standard InChI is InChI=1S/C12H9NOS/c1-2-11(14)10-8-15-12(13-10)9-6-4-3-5-7-9/h2-8H,1H2. The Balaban J connectivity index is 2.36. The summed E-state index contributed by atoms with van der Waals surface area (Å²) in [5.41, 5.74) is 1.50. The van der Waals surface area contributed by atoms with E-state index in [1.807, 2.05) is 30.3 Å². The number of benzene rings is 1. The molecular weight excluding hydrogens is 206 g/mol. The number of aromatic nitrogens is 1. The van der Waals surface area contributed by atoms with E-state index in [1.165, 1.54) is 17.4 Å². The van der Waals surface area contributed by atoms with Gasteiger partial charge in [-0.05, 0) is 6.08 Å². The third-order valence-electron chi connectivity index (χ3n) is 1.96. The summed E-state index contributed by atoms with van der Waals surface area (Å²) in [6.07, 6.45) is 1.28. The first-order valence-corrected chi connectivity index (χ1v) is 5.37. The summed E-state index contributed by atoms with van der Waals surface area (Å²) >= 11 is 1.47. The van der Waals surface area contributed by atoms with Crippen molar-refractivity contribution in [3.63, 3.8) is 0 Å². The zero-order valence-corrected chi connectivity index (χ0v) is 8.83. The minimum absolute atomic E-state index is 0.131. The number of carbonyl (C=O) groups is 1. The number of nitrogens with zero attached hydrogens (tertiary/aromatic N) is 1. The molecule has 0 spiro atoms. The lowest BCUT2D eigenvalue weighted by atomic mass is 10.2. The highest BCUT2D eigenvalue weighted by Gasteiger charge is 2.08. The second kappa shape index (κ2) is 4.19. The fourth-order valence-corrected chi connectivity index (χ4v) is 2.02. The van der Waals surface area contributed by atoms with Gasteiger partial charge in [0.2, 0.25) is 5.78 Å². The molecule has 0 amide bonds. The first kappa shape index (κ1) is 9.80. The van der Waals surface area contributed by atoms with Crippen LogP contribution in [-0.4, -0.2) is 10.8 Å². The minimum atomic E-state index is -0.131. The molecule has 15 heavy (non-hydrogen) atoms. The van der Waals surface area contributed by atoms with Crippen molar-refractivity contribution in [1.82, 2.24) is 4.98 Å². The molecule has 74 valence electrons. The first-order chi connectivity index (χ1) is 7.31. The topological polar surface area (TPSA) is 30.0 Å². The van der Waals surface area contributed by atoms with Gasteiger partial charge in [-0.2, -0.15) is 0 Å². The summed E-state index contributed by atoms with van der Waals surface area (Å²) in [4.78, 5) is 15.5. The maximum atomic E-state index is 11.3. The number of ketones is 1. The van der Waals surface area contributed by atoms with Gasteiger partial charge < -0.3 is 0 Å². The number of allylic oxidation sites excluding steroid dienone is 1. The summed E-state index contributed by atoms with van der Waals surface area (Å²) in [7, 11) is 0. The number of rotatable bonds is 3. The van der Waals surface area contributed by atoms with E-state index in [0.717, 1.165) is 10.6 Å². The van der Waals surface area contributed by atoms with E-state index in [9.17, 15) is 4.79 Å². The van der Waals surface area contributed by atoms with E-state index < -0.39 is 0 Å². The average molecular weight is 215 g/mol. The maximum Gasteiger partial charge on any atom is 0.204 e. The smallest absolute Gasteiger partial charge is 0.204 e. The molecule has 0 bridgehead atoms. The molecule has 1 aromatic heterocycles. The molecule has 0 aliphatic heterocycles. The molecular formula is C12H9NOS. The Morgan fingerprint density at radius 3 is 2.73 bits per heavy atom. The minimum Gasteiger partial charge on any atom is -0.288 e.